The molecule has 0 saturated carbocycles. The van der Waals surface area contributed by atoms with Gasteiger partial charge in [-0.05, 0) is 82.8 Å². The summed E-state index contributed by atoms with van der Waals surface area (Å²) in [5.41, 5.74) is 2.77. The third-order valence-corrected chi connectivity index (χ3v) is 9.11. The van der Waals surface area contributed by atoms with Gasteiger partial charge in [-0.1, -0.05) is 26.0 Å². The van der Waals surface area contributed by atoms with Gasteiger partial charge in [0.15, 0.2) is 0 Å². The van der Waals surface area contributed by atoms with Crippen molar-refractivity contribution in [3.05, 3.63) is 59.2 Å². The lowest BCUT2D eigenvalue weighted by molar-refractivity contribution is -0.121. The van der Waals surface area contributed by atoms with Gasteiger partial charge in [0.2, 0.25) is 5.91 Å². The van der Waals surface area contributed by atoms with Crippen LogP contribution in [0, 0.1) is 5.82 Å². The van der Waals surface area contributed by atoms with Crippen LogP contribution in [-0.4, -0.2) is 106 Å². The first-order valence-corrected chi connectivity index (χ1v) is 15.9. The van der Waals surface area contributed by atoms with E-state index in [1.54, 1.807) is 17.0 Å². The highest BCUT2D eigenvalue weighted by atomic mass is 19.1. The molecule has 3 atom stereocenters. The lowest BCUT2D eigenvalue weighted by Gasteiger charge is -2.46. The number of aromatic nitrogens is 1. The SMILES string of the molecule is CC1CN(CC(=O)N2CC(C)(C)c3ncc(Cc4ccc(F)cc4)cc32)C(CN2CCCC2CO)CN1C(=O)OC(C)(C)C. The average molecular weight is 610 g/mol. The van der Waals surface area contributed by atoms with Crippen molar-refractivity contribution in [3.8, 4) is 0 Å². The molecule has 1 aromatic heterocycles. The predicted molar refractivity (Wildman–Crippen MR) is 168 cm³/mol. The number of hydrogen-bond acceptors (Lipinski definition) is 7. The van der Waals surface area contributed by atoms with Gasteiger partial charge < -0.3 is 19.6 Å². The first-order valence-electron chi connectivity index (χ1n) is 15.9. The number of likely N-dealkylation sites (tertiary alicyclic amines) is 1. The standard InChI is InChI=1S/C34H48FN5O4/c1-23-17-38(28(18-37-13-7-8-27(37)21-41)19-39(23)32(43)44-33(2,3)4)20-30(42)40-22-34(5,6)31-29(40)15-25(16-36-31)14-24-9-11-26(35)12-10-24/h9-12,15-16,23,27-28,41H,7-8,13-14,17-22H2,1-6H3. The minimum Gasteiger partial charge on any atom is -0.444 e. The number of benzene rings is 1. The summed E-state index contributed by atoms with van der Waals surface area (Å²) < 4.78 is 19.2. The number of amides is 2. The molecule has 2 fully saturated rings. The highest BCUT2D eigenvalue weighted by Crippen LogP contribution is 2.40. The van der Waals surface area contributed by atoms with Crippen molar-refractivity contribution in [3.63, 3.8) is 0 Å². The number of rotatable bonds is 7. The van der Waals surface area contributed by atoms with Gasteiger partial charge in [0.05, 0.1) is 24.5 Å². The molecule has 3 aliphatic heterocycles. The average Bonchev–Trinajstić information content (AvgIpc) is 3.51. The molecule has 3 unspecified atom stereocenters. The summed E-state index contributed by atoms with van der Waals surface area (Å²) in [7, 11) is 0. The molecule has 0 spiro atoms. The number of aliphatic hydroxyl groups is 1. The van der Waals surface area contributed by atoms with Crippen molar-refractivity contribution in [1.82, 2.24) is 19.7 Å². The zero-order chi connectivity index (χ0) is 31.8. The van der Waals surface area contributed by atoms with Crippen LogP contribution in [0.1, 0.15) is 71.2 Å². The molecule has 44 heavy (non-hydrogen) atoms. The second-order valence-corrected chi connectivity index (χ2v) is 14.4. The Hall–Kier alpha value is -3.08. The topological polar surface area (TPSA) is 89.5 Å². The van der Waals surface area contributed by atoms with Crippen LogP contribution in [0.5, 0.6) is 0 Å². The number of anilines is 1. The Morgan fingerprint density at radius 3 is 2.50 bits per heavy atom. The molecule has 0 radical (unpaired) electrons. The maximum atomic E-state index is 14.1. The number of ether oxygens (including phenoxy) is 1. The zero-order valence-electron chi connectivity index (χ0n) is 27.1. The number of hydrogen-bond donors (Lipinski definition) is 1. The van der Waals surface area contributed by atoms with E-state index in [4.69, 9.17) is 9.72 Å². The monoisotopic (exact) mass is 609 g/mol. The third-order valence-electron chi connectivity index (χ3n) is 9.11. The normalized spacial score (nSPS) is 24.0. The van der Waals surface area contributed by atoms with Gasteiger partial charge in [-0.3, -0.25) is 19.6 Å². The molecular weight excluding hydrogens is 561 g/mol. The summed E-state index contributed by atoms with van der Waals surface area (Å²) >= 11 is 0. The van der Waals surface area contributed by atoms with Crippen LogP contribution in [0.15, 0.2) is 36.5 Å². The second kappa shape index (κ2) is 12.7. The van der Waals surface area contributed by atoms with Crippen LogP contribution in [0.4, 0.5) is 14.9 Å². The lowest BCUT2D eigenvalue weighted by atomic mass is 9.91. The summed E-state index contributed by atoms with van der Waals surface area (Å²) in [5.74, 6) is -0.267. The predicted octanol–water partition coefficient (Wildman–Crippen LogP) is 4.20. The summed E-state index contributed by atoms with van der Waals surface area (Å²) in [6.07, 6.45) is 4.09. The molecule has 10 heteroatoms. The number of carbonyl (C=O) groups is 2. The maximum Gasteiger partial charge on any atom is 0.410 e. The molecule has 3 aliphatic rings. The van der Waals surface area contributed by atoms with Gasteiger partial charge >= 0.3 is 6.09 Å². The number of pyridine rings is 1. The van der Waals surface area contributed by atoms with Crippen molar-refractivity contribution in [2.24, 2.45) is 0 Å². The van der Waals surface area contributed by atoms with Crippen LogP contribution in [0.3, 0.4) is 0 Å². The van der Waals surface area contributed by atoms with E-state index in [0.29, 0.717) is 32.6 Å². The van der Waals surface area contributed by atoms with Crippen LogP contribution in [0.2, 0.25) is 0 Å². The smallest absolute Gasteiger partial charge is 0.410 e. The van der Waals surface area contributed by atoms with Crippen LogP contribution in [0.25, 0.3) is 0 Å². The summed E-state index contributed by atoms with van der Waals surface area (Å²) in [6, 6.07) is 8.39. The summed E-state index contributed by atoms with van der Waals surface area (Å²) in [6.45, 7) is 15.2. The Morgan fingerprint density at radius 1 is 1.09 bits per heavy atom. The Balaban J connectivity index is 1.36. The van der Waals surface area contributed by atoms with E-state index in [-0.39, 0.29) is 54.5 Å². The molecule has 1 N–H and O–H groups in total. The van der Waals surface area contributed by atoms with Gasteiger partial charge in [0, 0.05) is 55.9 Å². The lowest BCUT2D eigenvalue weighted by Crippen LogP contribution is -2.63. The van der Waals surface area contributed by atoms with E-state index < -0.39 is 5.60 Å². The second-order valence-electron chi connectivity index (χ2n) is 14.4. The number of carbonyl (C=O) groups excluding carboxylic acids is 2. The highest BCUT2D eigenvalue weighted by molar-refractivity contribution is 5.97. The fourth-order valence-corrected chi connectivity index (χ4v) is 6.86. The van der Waals surface area contributed by atoms with Gasteiger partial charge in [0.25, 0.3) is 0 Å². The molecule has 0 aliphatic carbocycles. The van der Waals surface area contributed by atoms with Crippen molar-refractivity contribution in [2.75, 3.05) is 50.8 Å². The van der Waals surface area contributed by atoms with Crippen molar-refractivity contribution < 1.29 is 23.8 Å². The van der Waals surface area contributed by atoms with Crippen molar-refractivity contribution in [2.45, 2.75) is 89.9 Å². The van der Waals surface area contributed by atoms with Crippen LogP contribution < -0.4 is 4.90 Å². The fourth-order valence-electron chi connectivity index (χ4n) is 6.86. The van der Waals surface area contributed by atoms with E-state index in [9.17, 15) is 19.1 Å². The van der Waals surface area contributed by atoms with E-state index in [2.05, 4.69) is 29.7 Å². The summed E-state index contributed by atoms with van der Waals surface area (Å²) in [5, 5.41) is 9.98. The summed E-state index contributed by atoms with van der Waals surface area (Å²) in [4.78, 5) is 40.3. The van der Waals surface area contributed by atoms with Gasteiger partial charge in [-0.15, -0.1) is 0 Å². The Morgan fingerprint density at radius 2 is 1.82 bits per heavy atom. The Labute approximate surface area is 261 Å². The quantitative estimate of drug-likeness (QED) is 0.504. The van der Waals surface area contributed by atoms with Gasteiger partial charge in [0.1, 0.15) is 11.4 Å². The maximum absolute atomic E-state index is 14.1. The minimum atomic E-state index is -0.601. The Bertz CT molecular complexity index is 1340. The molecular formula is C34H48FN5O4. The molecule has 4 heterocycles. The van der Waals surface area contributed by atoms with E-state index in [1.807, 2.05) is 38.8 Å². The zero-order valence-corrected chi connectivity index (χ0v) is 27.1. The molecule has 2 saturated heterocycles. The number of fused-ring (bicyclic) bond motifs is 1. The van der Waals surface area contributed by atoms with Crippen LogP contribution in [-0.2, 0) is 21.4 Å². The number of nitrogens with zero attached hydrogens (tertiary/aromatic N) is 5. The molecule has 240 valence electrons. The number of halogens is 1. The number of aliphatic hydroxyl groups excluding tert-OH is 1. The van der Waals surface area contributed by atoms with E-state index >= 15 is 0 Å². The first-order chi connectivity index (χ1) is 20.7. The molecule has 9 nitrogen and oxygen atoms in total. The van der Waals surface area contributed by atoms with E-state index in [1.165, 1.54) is 12.1 Å². The minimum absolute atomic E-state index is 0.000561. The number of piperazine rings is 1. The van der Waals surface area contributed by atoms with Gasteiger partial charge in [-0.2, -0.15) is 0 Å². The van der Waals surface area contributed by atoms with Crippen LogP contribution >= 0.6 is 0 Å². The molecule has 2 amide bonds. The molecule has 2 aromatic rings. The molecule has 0 bridgehead atoms. The van der Waals surface area contributed by atoms with Gasteiger partial charge in [-0.25, -0.2) is 9.18 Å². The fraction of sp³-hybridized carbons (Fsp3) is 0.618. The molecule has 5 rings (SSSR count). The largest absolute Gasteiger partial charge is 0.444 e. The van der Waals surface area contributed by atoms with Crippen molar-refractivity contribution in [1.29, 1.82) is 0 Å². The van der Waals surface area contributed by atoms with Crippen molar-refractivity contribution >= 4 is 17.7 Å². The Kier molecular flexibility index (Phi) is 9.35. The van der Waals surface area contributed by atoms with E-state index in [0.717, 1.165) is 41.9 Å². The first kappa shape index (κ1) is 32.3. The highest BCUT2D eigenvalue weighted by Gasteiger charge is 2.43. The molecule has 1 aromatic carbocycles. The third kappa shape index (κ3) is 7.24.